The van der Waals surface area contributed by atoms with Crippen molar-refractivity contribution in [1.82, 2.24) is 10.6 Å². The predicted molar refractivity (Wildman–Crippen MR) is 82.5 cm³/mol. The first-order chi connectivity index (χ1) is 10.3. The van der Waals surface area contributed by atoms with Crippen LogP contribution in [0.3, 0.4) is 0 Å². The second-order valence-electron chi connectivity index (χ2n) is 6.09. The van der Waals surface area contributed by atoms with Crippen LogP contribution in [0.25, 0.3) is 0 Å². The summed E-state index contributed by atoms with van der Waals surface area (Å²) >= 11 is 0. The molecule has 0 saturated carbocycles. The van der Waals surface area contributed by atoms with E-state index in [2.05, 4.69) is 28.8 Å². The highest BCUT2D eigenvalue weighted by Gasteiger charge is 2.25. The van der Waals surface area contributed by atoms with Crippen molar-refractivity contribution in [2.75, 3.05) is 20.2 Å². The van der Waals surface area contributed by atoms with Gasteiger partial charge in [0, 0.05) is 13.5 Å². The summed E-state index contributed by atoms with van der Waals surface area (Å²) in [6, 6.07) is 6.57. The standard InChI is InChI=1S/C17H24N2O2/c1-18-17(20)15-11-13(6-8-19-15)3-2-12-4-5-16-14(10-12)7-9-21-16/h4-5,10,13,15,19H,2-3,6-9,11H2,1H3,(H,18,20). The Kier molecular flexibility index (Phi) is 4.44. The Hall–Kier alpha value is -1.55. The second kappa shape index (κ2) is 6.48. The van der Waals surface area contributed by atoms with Crippen molar-refractivity contribution in [3.05, 3.63) is 29.3 Å². The maximum atomic E-state index is 11.7. The van der Waals surface area contributed by atoms with Gasteiger partial charge in [-0.05, 0) is 55.3 Å². The minimum atomic E-state index is -0.0119. The van der Waals surface area contributed by atoms with Gasteiger partial charge in [-0.2, -0.15) is 0 Å². The van der Waals surface area contributed by atoms with Crippen LogP contribution in [0.5, 0.6) is 5.75 Å². The number of rotatable bonds is 4. The number of likely N-dealkylation sites (N-methyl/N-ethyl adjacent to an activating group) is 1. The van der Waals surface area contributed by atoms with Gasteiger partial charge in [0.25, 0.3) is 0 Å². The second-order valence-corrected chi connectivity index (χ2v) is 6.09. The number of amides is 1. The van der Waals surface area contributed by atoms with Crippen molar-refractivity contribution >= 4 is 5.91 Å². The van der Waals surface area contributed by atoms with E-state index in [1.54, 1.807) is 7.05 Å². The van der Waals surface area contributed by atoms with Crippen LogP contribution in [-0.2, 0) is 17.6 Å². The van der Waals surface area contributed by atoms with Gasteiger partial charge in [0.2, 0.25) is 5.91 Å². The van der Waals surface area contributed by atoms with E-state index in [-0.39, 0.29) is 11.9 Å². The SMILES string of the molecule is CNC(=O)C1CC(CCc2ccc3c(c2)CCO3)CCN1. The van der Waals surface area contributed by atoms with Crippen LogP contribution in [0.1, 0.15) is 30.4 Å². The summed E-state index contributed by atoms with van der Waals surface area (Å²) in [5.41, 5.74) is 2.75. The van der Waals surface area contributed by atoms with Crippen LogP contribution < -0.4 is 15.4 Å². The van der Waals surface area contributed by atoms with Gasteiger partial charge in [-0.15, -0.1) is 0 Å². The van der Waals surface area contributed by atoms with Gasteiger partial charge in [-0.25, -0.2) is 0 Å². The van der Waals surface area contributed by atoms with Crippen LogP contribution in [0.15, 0.2) is 18.2 Å². The van der Waals surface area contributed by atoms with E-state index in [0.29, 0.717) is 5.92 Å². The molecule has 21 heavy (non-hydrogen) atoms. The fourth-order valence-electron chi connectivity index (χ4n) is 3.40. The van der Waals surface area contributed by atoms with Gasteiger partial charge < -0.3 is 15.4 Å². The minimum absolute atomic E-state index is 0.0119. The number of hydrogen-bond acceptors (Lipinski definition) is 3. The molecule has 0 radical (unpaired) electrons. The molecule has 3 rings (SSSR count). The quantitative estimate of drug-likeness (QED) is 0.886. The molecular weight excluding hydrogens is 264 g/mol. The highest BCUT2D eigenvalue weighted by atomic mass is 16.5. The topological polar surface area (TPSA) is 50.4 Å². The van der Waals surface area contributed by atoms with Crippen molar-refractivity contribution < 1.29 is 9.53 Å². The minimum Gasteiger partial charge on any atom is -0.493 e. The molecule has 2 N–H and O–H groups in total. The van der Waals surface area contributed by atoms with Crippen molar-refractivity contribution in [3.8, 4) is 5.75 Å². The van der Waals surface area contributed by atoms with Crippen molar-refractivity contribution in [1.29, 1.82) is 0 Å². The Morgan fingerprint density at radius 3 is 3.24 bits per heavy atom. The van der Waals surface area contributed by atoms with E-state index in [4.69, 9.17) is 4.74 Å². The Bertz CT molecular complexity index is 516. The molecule has 1 saturated heterocycles. The predicted octanol–water partition coefficient (Wildman–Crippen LogP) is 1.67. The van der Waals surface area contributed by atoms with Gasteiger partial charge in [-0.1, -0.05) is 12.1 Å². The molecule has 1 fully saturated rings. The smallest absolute Gasteiger partial charge is 0.236 e. The fraction of sp³-hybridized carbons (Fsp3) is 0.588. The summed E-state index contributed by atoms with van der Waals surface area (Å²) in [6.07, 6.45) is 5.41. The summed E-state index contributed by atoms with van der Waals surface area (Å²) in [6.45, 7) is 1.77. The molecule has 4 nitrogen and oxygen atoms in total. The van der Waals surface area contributed by atoms with E-state index in [1.807, 2.05) is 0 Å². The number of benzene rings is 1. The number of aryl methyl sites for hydroxylation is 1. The van der Waals surface area contributed by atoms with Gasteiger partial charge in [0.15, 0.2) is 0 Å². The molecule has 1 aromatic rings. The van der Waals surface area contributed by atoms with Crippen molar-refractivity contribution in [2.24, 2.45) is 5.92 Å². The largest absolute Gasteiger partial charge is 0.493 e. The van der Waals surface area contributed by atoms with Crippen LogP contribution in [-0.4, -0.2) is 32.1 Å². The van der Waals surface area contributed by atoms with Gasteiger partial charge in [0.1, 0.15) is 5.75 Å². The van der Waals surface area contributed by atoms with Gasteiger partial charge >= 0.3 is 0 Å². The summed E-state index contributed by atoms with van der Waals surface area (Å²) in [4.78, 5) is 11.7. The Morgan fingerprint density at radius 1 is 1.48 bits per heavy atom. The molecule has 0 aromatic heterocycles. The highest BCUT2D eigenvalue weighted by molar-refractivity contribution is 5.81. The molecule has 1 amide bonds. The van der Waals surface area contributed by atoms with E-state index in [0.717, 1.165) is 44.6 Å². The summed E-state index contributed by atoms with van der Waals surface area (Å²) in [5, 5.41) is 6.05. The molecule has 0 aliphatic carbocycles. The first-order valence-electron chi connectivity index (χ1n) is 7.96. The zero-order chi connectivity index (χ0) is 14.7. The number of hydrogen-bond donors (Lipinski definition) is 2. The Morgan fingerprint density at radius 2 is 2.38 bits per heavy atom. The van der Waals surface area contributed by atoms with Crippen molar-refractivity contribution in [3.63, 3.8) is 0 Å². The van der Waals surface area contributed by atoms with Gasteiger partial charge in [-0.3, -0.25) is 4.79 Å². The van der Waals surface area contributed by atoms with Crippen LogP contribution in [0, 0.1) is 5.92 Å². The highest BCUT2D eigenvalue weighted by Crippen LogP contribution is 2.28. The third kappa shape index (κ3) is 3.38. The van der Waals surface area contributed by atoms with E-state index in [1.165, 1.54) is 17.5 Å². The van der Waals surface area contributed by atoms with E-state index >= 15 is 0 Å². The maximum absolute atomic E-state index is 11.7. The molecule has 0 spiro atoms. The number of carbonyl (C=O) groups is 1. The Balaban J connectivity index is 1.54. The van der Waals surface area contributed by atoms with Crippen molar-refractivity contribution in [2.45, 2.75) is 38.1 Å². The molecule has 4 heteroatoms. The number of carbonyl (C=O) groups excluding carboxylic acids is 1. The lowest BCUT2D eigenvalue weighted by Gasteiger charge is -2.29. The third-order valence-corrected chi connectivity index (χ3v) is 4.67. The monoisotopic (exact) mass is 288 g/mol. The molecule has 114 valence electrons. The van der Waals surface area contributed by atoms with Crippen LogP contribution >= 0.6 is 0 Å². The average molecular weight is 288 g/mol. The van der Waals surface area contributed by atoms with E-state index < -0.39 is 0 Å². The number of fused-ring (bicyclic) bond motifs is 1. The third-order valence-electron chi connectivity index (χ3n) is 4.67. The lowest BCUT2D eigenvalue weighted by atomic mass is 9.87. The molecule has 2 aliphatic rings. The van der Waals surface area contributed by atoms with Gasteiger partial charge in [0.05, 0.1) is 12.6 Å². The average Bonchev–Trinajstić information content (AvgIpc) is 3.00. The molecule has 0 bridgehead atoms. The molecule has 2 unspecified atom stereocenters. The molecular formula is C17H24N2O2. The van der Waals surface area contributed by atoms with E-state index in [9.17, 15) is 4.79 Å². The number of ether oxygens (including phenoxy) is 1. The molecule has 1 aromatic carbocycles. The number of nitrogens with one attached hydrogen (secondary N) is 2. The normalized spacial score (nSPS) is 24.2. The first-order valence-corrected chi connectivity index (χ1v) is 7.96. The molecule has 2 heterocycles. The molecule has 2 aliphatic heterocycles. The first kappa shape index (κ1) is 14.4. The maximum Gasteiger partial charge on any atom is 0.236 e. The lowest BCUT2D eigenvalue weighted by Crippen LogP contribution is -2.47. The fourth-order valence-corrected chi connectivity index (χ4v) is 3.40. The van der Waals surface area contributed by atoms with Crippen LogP contribution in [0.2, 0.25) is 0 Å². The number of piperidine rings is 1. The zero-order valence-electron chi connectivity index (χ0n) is 12.7. The lowest BCUT2D eigenvalue weighted by molar-refractivity contribution is -0.123. The Labute approximate surface area is 126 Å². The summed E-state index contributed by atoms with van der Waals surface area (Å²) < 4.78 is 5.55. The van der Waals surface area contributed by atoms with Crippen LogP contribution in [0.4, 0.5) is 0 Å². The summed E-state index contributed by atoms with van der Waals surface area (Å²) in [5.74, 6) is 1.81. The summed E-state index contributed by atoms with van der Waals surface area (Å²) in [7, 11) is 1.71. The zero-order valence-corrected chi connectivity index (χ0v) is 12.7. The molecule has 2 atom stereocenters.